The Labute approximate surface area is 115 Å². The van der Waals surface area contributed by atoms with Crippen molar-refractivity contribution >= 4 is 17.6 Å². The molecular weight excluding hydrogens is 261 g/mol. The molecule has 0 unspecified atom stereocenters. The average Bonchev–Trinajstić information content (AvgIpc) is 2.84. The van der Waals surface area contributed by atoms with Gasteiger partial charge in [0.15, 0.2) is 5.82 Å². The molecule has 0 atom stereocenters. The zero-order valence-electron chi connectivity index (χ0n) is 10.8. The minimum atomic E-state index is -0.250. The average molecular weight is 275 g/mol. The molecule has 0 saturated heterocycles. The number of anilines is 1. The SMILES string of the molecule is CNc1nc(-c2cc(C)cc(F)c2)nc2c1CSC2. The van der Waals surface area contributed by atoms with E-state index in [1.165, 1.54) is 17.7 Å². The molecular formula is C14H14FN3S. The van der Waals surface area contributed by atoms with Gasteiger partial charge in [0, 0.05) is 29.7 Å². The summed E-state index contributed by atoms with van der Waals surface area (Å²) < 4.78 is 13.5. The number of benzene rings is 1. The number of nitrogens with one attached hydrogen (secondary N) is 1. The number of hydrogen-bond donors (Lipinski definition) is 1. The lowest BCUT2D eigenvalue weighted by atomic mass is 10.1. The summed E-state index contributed by atoms with van der Waals surface area (Å²) in [6, 6.07) is 4.90. The van der Waals surface area contributed by atoms with Crippen LogP contribution in [0.4, 0.5) is 10.2 Å². The second kappa shape index (κ2) is 4.81. The molecule has 1 aliphatic heterocycles. The molecule has 0 amide bonds. The number of hydrogen-bond acceptors (Lipinski definition) is 4. The number of aryl methyl sites for hydroxylation is 1. The highest BCUT2D eigenvalue weighted by atomic mass is 32.2. The van der Waals surface area contributed by atoms with E-state index in [0.29, 0.717) is 5.82 Å². The molecule has 3 nitrogen and oxygen atoms in total. The Balaban J connectivity index is 2.15. The number of aromatic nitrogens is 2. The van der Waals surface area contributed by atoms with Gasteiger partial charge in [-0.2, -0.15) is 11.8 Å². The lowest BCUT2D eigenvalue weighted by molar-refractivity contribution is 0.627. The van der Waals surface area contributed by atoms with E-state index in [1.807, 2.05) is 31.8 Å². The molecule has 0 radical (unpaired) electrons. The van der Waals surface area contributed by atoms with Gasteiger partial charge in [-0.3, -0.25) is 0 Å². The predicted molar refractivity (Wildman–Crippen MR) is 76.7 cm³/mol. The van der Waals surface area contributed by atoms with Gasteiger partial charge in [-0.15, -0.1) is 0 Å². The van der Waals surface area contributed by atoms with Gasteiger partial charge >= 0.3 is 0 Å². The minimum absolute atomic E-state index is 0.250. The van der Waals surface area contributed by atoms with E-state index < -0.39 is 0 Å². The summed E-state index contributed by atoms with van der Waals surface area (Å²) in [5.74, 6) is 3.03. The molecule has 19 heavy (non-hydrogen) atoms. The van der Waals surface area contributed by atoms with Crippen LogP contribution in [0.2, 0.25) is 0 Å². The maximum absolute atomic E-state index is 13.5. The summed E-state index contributed by atoms with van der Waals surface area (Å²) in [5, 5.41) is 3.11. The highest BCUT2D eigenvalue weighted by molar-refractivity contribution is 7.98. The maximum atomic E-state index is 13.5. The van der Waals surface area contributed by atoms with E-state index in [-0.39, 0.29) is 5.82 Å². The van der Waals surface area contributed by atoms with E-state index in [1.54, 1.807) is 0 Å². The van der Waals surface area contributed by atoms with E-state index in [2.05, 4.69) is 15.3 Å². The van der Waals surface area contributed by atoms with Gasteiger partial charge < -0.3 is 5.32 Å². The zero-order chi connectivity index (χ0) is 13.4. The highest BCUT2D eigenvalue weighted by Gasteiger charge is 2.19. The Bertz CT molecular complexity index is 623. The zero-order valence-corrected chi connectivity index (χ0v) is 11.6. The molecule has 1 aromatic carbocycles. The van der Waals surface area contributed by atoms with Gasteiger partial charge in [0.25, 0.3) is 0 Å². The summed E-state index contributed by atoms with van der Waals surface area (Å²) in [5.41, 5.74) is 3.83. The largest absolute Gasteiger partial charge is 0.373 e. The minimum Gasteiger partial charge on any atom is -0.373 e. The molecule has 1 aromatic heterocycles. The van der Waals surface area contributed by atoms with Crippen LogP contribution in [0.3, 0.4) is 0 Å². The fraction of sp³-hybridized carbons (Fsp3) is 0.286. The molecule has 0 bridgehead atoms. The topological polar surface area (TPSA) is 37.8 Å². The Morgan fingerprint density at radius 1 is 1.21 bits per heavy atom. The normalized spacial score (nSPS) is 13.4. The van der Waals surface area contributed by atoms with Gasteiger partial charge in [0.05, 0.1) is 5.69 Å². The summed E-state index contributed by atoms with van der Waals surface area (Å²) in [4.78, 5) is 9.09. The number of halogens is 1. The fourth-order valence-electron chi connectivity index (χ4n) is 2.25. The monoisotopic (exact) mass is 275 g/mol. The summed E-state index contributed by atoms with van der Waals surface area (Å²) in [6.07, 6.45) is 0. The van der Waals surface area contributed by atoms with Crippen LogP contribution in [0.1, 0.15) is 16.8 Å². The first-order valence-electron chi connectivity index (χ1n) is 6.10. The van der Waals surface area contributed by atoms with Crippen molar-refractivity contribution in [2.24, 2.45) is 0 Å². The van der Waals surface area contributed by atoms with Crippen molar-refractivity contribution in [1.29, 1.82) is 0 Å². The Kier molecular flexibility index (Phi) is 3.14. The van der Waals surface area contributed by atoms with Crippen molar-refractivity contribution in [3.63, 3.8) is 0 Å². The van der Waals surface area contributed by atoms with Gasteiger partial charge in [0.2, 0.25) is 0 Å². The third kappa shape index (κ3) is 2.30. The van der Waals surface area contributed by atoms with Crippen LogP contribution >= 0.6 is 11.8 Å². The van der Waals surface area contributed by atoms with Crippen LogP contribution in [0, 0.1) is 12.7 Å². The van der Waals surface area contributed by atoms with Gasteiger partial charge in [-0.1, -0.05) is 0 Å². The van der Waals surface area contributed by atoms with E-state index in [9.17, 15) is 4.39 Å². The first-order valence-corrected chi connectivity index (χ1v) is 7.25. The molecule has 0 aliphatic carbocycles. The van der Waals surface area contributed by atoms with Crippen molar-refractivity contribution in [1.82, 2.24) is 9.97 Å². The van der Waals surface area contributed by atoms with Crippen molar-refractivity contribution in [3.05, 3.63) is 40.8 Å². The van der Waals surface area contributed by atoms with Crippen LogP contribution < -0.4 is 5.32 Å². The van der Waals surface area contributed by atoms with Crippen LogP contribution in [-0.4, -0.2) is 17.0 Å². The number of thioether (sulfide) groups is 1. The molecule has 1 N–H and O–H groups in total. The second-order valence-electron chi connectivity index (χ2n) is 4.58. The van der Waals surface area contributed by atoms with Crippen LogP contribution in [0.5, 0.6) is 0 Å². The van der Waals surface area contributed by atoms with Crippen LogP contribution in [0.15, 0.2) is 18.2 Å². The fourth-order valence-corrected chi connectivity index (χ4v) is 3.29. The van der Waals surface area contributed by atoms with Crippen molar-refractivity contribution < 1.29 is 4.39 Å². The quantitative estimate of drug-likeness (QED) is 0.911. The van der Waals surface area contributed by atoms with Gasteiger partial charge in [-0.25, -0.2) is 14.4 Å². The lowest BCUT2D eigenvalue weighted by Crippen LogP contribution is -2.03. The maximum Gasteiger partial charge on any atom is 0.161 e. The standard InChI is InChI=1S/C14H14FN3S/c1-8-3-9(5-10(15)4-8)13-17-12-7-19-6-11(12)14(16-2)18-13/h3-5H,6-7H2,1-2H3,(H,16,17,18). The molecule has 1 aliphatic rings. The van der Waals surface area contributed by atoms with Gasteiger partial charge in [0.1, 0.15) is 11.6 Å². The summed E-state index contributed by atoms with van der Waals surface area (Å²) in [7, 11) is 1.85. The third-order valence-electron chi connectivity index (χ3n) is 3.12. The van der Waals surface area contributed by atoms with E-state index >= 15 is 0 Å². The third-order valence-corrected chi connectivity index (χ3v) is 4.09. The molecule has 5 heteroatoms. The summed E-state index contributed by atoms with van der Waals surface area (Å²) in [6.45, 7) is 1.87. The molecule has 2 aromatic rings. The van der Waals surface area contributed by atoms with Gasteiger partial charge in [-0.05, 0) is 30.7 Å². The summed E-state index contributed by atoms with van der Waals surface area (Å²) >= 11 is 1.83. The van der Waals surface area contributed by atoms with Crippen LogP contribution in [-0.2, 0) is 11.5 Å². The first kappa shape index (κ1) is 12.4. The molecule has 2 heterocycles. The van der Waals surface area contributed by atoms with E-state index in [4.69, 9.17) is 0 Å². The first-order chi connectivity index (χ1) is 9.17. The molecule has 0 saturated carbocycles. The number of fused-ring (bicyclic) bond motifs is 1. The van der Waals surface area contributed by atoms with Crippen molar-refractivity contribution in [2.45, 2.75) is 18.4 Å². The Morgan fingerprint density at radius 2 is 2.05 bits per heavy atom. The second-order valence-corrected chi connectivity index (χ2v) is 5.57. The predicted octanol–water partition coefficient (Wildman–Crippen LogP) is 3.38. The number of rotatable bonds is 2. The highest BCUT2D eigenvalue weighted by Crippen LogP contribution is 2.34. The molecule has 0 fully saturated rings. The lowest BCUT2D eigenvalue weighted by Gasteiger charge is -2.09. The molecule has 3 rings (SSSR count). The van der Waals surface area contributed by atoms with Crippen molar-refractivity contribution in [2.75, 3.05) is 12.4 Å². The van der Waals surface area contributed by atoms with E-state index in [0.717, 1.165) is 34.1 Å². The van der Waals surface area contributed by atoms with Crippen LogP contribution in [0.25, 0.3) is 11.4 Å². The Hall–Kier alpha value is -1.62. The smallest absolute Gasteiger partial charge is 0.161 e. The van der Waals surface area contributed by atoms with Crippen molar-refractivity contribution in [3.8, 4) is 11.4 Å². The number of nitrogens with zero attached hydrogens (tertiary/aromatic N) is 2. The molecule has 0 spiro atoms. The molecule has 98 valence electrons. The Morgan fingerprint density at radius 3 is 2.79 bits per heavy atom.